The van der Waals surface area contributed by atoms with Gasteiger partial charge in [-0.2, -0.15) is 9.40 Å². The number of amides is 3. The van der Waals surface area contributed by atoms with Crippen LogP contribution in [0.3, 0.4) is 0 Å². The van der Waals surface area contributed by atoms with Crippen molar-refractivity contribution in [3.63, 3.8) is 0 Å². The molecule has 0 bridgehead atoms. The van der Waals surface area contributed by atoms with Crippen molar-refractivity contribution >= 4 is 67.6 Å². The second-order valence-electron chi connectivity index (χ2n) is 14.7. The molecule has 3 amide bonds. The van der Waals surface area contributed by atoms with Gasteiger partial charge in [-0.1, -0.05) is 17.7 Å². The molecule has 2 aromatic carbocycles. The van der Waals surface area contributed by atoms with Crippen molar-refractivity contribution in [3.8, 4) is 0 Å². The van der Waals surface area contributed by atoms with Gasteiger partial charge in [-0.3, -0.25) is 24.6 Å². The average molecular weight is 776 g/mol. The number of aromatic nitrogens is 4. The topological polar surface area (TPSA) is 152 Å². The number of carbonyl (C=O) groups is 2. The Bertz CT molecular complexity index is 2110. The van der Waals surface area contributed by atoms with Gasteiger partial charge >= 0.3 is 6.03 Å². The lowest BCUT2D eigenvalue weighted by atomic mass is 9.95. The molecule has 15 nitrogen and oxygen atoms in total. The molecule has 0 aliphatic carbocycles. The Kier molecular flexibility index (Phi) is 10.3. The number of hydrogen-bond acceptors (Lipinski definition) is 11. The van der Waals surface area contributed by atoms with Gasteiger partial charge in [0.2, 0.25) is 21.9 Å². The molecule has 6 heterocycles. The number of piperazine rings is 1. The van der Waals surface area contributed by atoms with Crippen molar-refractivity contribution in [1.29, 1.82) is 0 Å². The molecular weight excluding hydrogens is 730 g/mol. The zero-order chi connectivity index (χ0) is 37.4. The van der Waals surface area contributed by atoms with Gasteiger partial charge in [0.15, 0.2) is 5.82 Å². The van der Waals surface area contributed by atoms with Crippen LogP contribution in [-0.4, -0.2) is 121 Å². The van der Waals surface area contributed by atoms with Crippen LogP contribution in [0.4, 0.5) is 27.9 Å². The van der Waals surface area contributed by atoms with E-state index in [1.165, 1.54) is 0 Å². The summed E-state index contributed by atoms with van der Waals surface area (Å²) in [6.07, 6.45) is 6.82. The van der Waals surface area contributed by atoms with Crippen molar-refractivity contribution in [1.82, 2.24) is 34.3 Å². The monoisotopic (exact) mass is 775 g/mol. The van der Waals surface area contributed by atoms with Crippen molar-refractivity contribution in [3.05, 3.63) is 59.9 Å². The highest BCUT2D eigenvalue weighted by atomic mass is 35.5. The largest absolute Gasteiger partial charge is 0.371 e. The predicted molar refractivity (Wildman–Crippen MR) is 209 cm³/mol. The van der Waals surface area contributed by atoms with E-state index in [4.69, 9.17) is 11.6 Å². The predicted octanol–water partition coefficient (Wildman–Crippen LogP) is 3.77. The minimum Gasteiger partial charge on any atom is -0.371 e. The number of rotatable bonds is 9. The number of imide groups is 1. The standard InChI is InChI=1S/C37H46ClN11O4S/c1-44-33-22-30(5-6-32(33)35(43-44)49-16-11-34(50)42-37(49)51)47-19-17-45(18-20-47)25-26-7-12-46(13-8-26)29-3-2-4-31(21-29)54(52,53)48-14-9-28(10-15-48)41-36-39-23-27(38)24-40-36/h2-6,21-24,26,28H,7-20,25H2,1H3,(H,39,40,41)(H,42,50,51). The summed E-state index contributed by atoms with van der Waals surface area (Å²) < 4.78 is 30.7. The summed E-state index contributed by atoms with van der Waals surface area (Å²) in [6.45, 7) is 7.88. The maximum absolute atomic E-state index is 13.7. The van der Waals surface area contributed by atoms with Crippen molar-refractivity contribution in [2.75, 3.05) is 85.5 Å². The lowest BCUT2D eigenvalue weighted by Crippen LogP contribution is -2.49. The number of hydrogen-bond donors (Lipinski definition) is 2. The van der Waals surface area contributed by atoms with E-state index in [0.29, 0.717) is 60.1 Å². The van der Waals surface area contributed by atoms with Gasteiger partial charge in [-0.05, 0) is 68.0 Å². The third-order valence-corrected chi connectivity index (χ3v) is 13.3. The van der Waals surface area contributed by atoms with Crippen LogP contribution in [0.1, 0.15) is 32.1 Å². The Morgan fingerprint density at radius 2 is 1.56 bits per heavy atom. The van der Waals surface area contributed by atoms with E-state index in [1.807, 2.05) is 31.3 Å². The summed E-state index contributed by atoms with van der Waals surface area (Å²) in [4.78, 5) is 41.7. The number of sulfonamides is 1. The van der Waals surface area contributed by atoms with Crippen molar-refractivity contribution < 1.29 is 18.0 Å². The van der Waals surface area contributed by atoms with Crippen LogP contribution in [0.2, 0.25) is 5.02 Å². The second-order valence-corrected chi connectivity index (χ2v) is 17.0. The van der Waals surface area contributed by atoms with Crippen LogP contribution >= 0.6 is 11.6 Å². The number of urea groups is 1. The first-order valence-corrected chi connectivity index (χ1v) is 20.6. The highest BCUT2D eigenvalue weighted by Gasteiger charge is 2.32. The first kappa shape index (κ1) is 36.5. The first-order chi connectivity index (χ1) is 26.1. The summed E-state index contributed by atoms with van der Waals surface area (Å²) in [5.41, 5.74) is 3.05. The highest BCUT2D eigenvalue weighted by Crippen LogP contribution is 2.32. The molecule has 17 heteroatoms. The van der Waals surface area contributed by atoms with Crippen LogP contribution in [0, 0.1) is 5.92 Å². The third-order valence-electron chi connectivity index (χ3n) is 11.2. The van der Waals surface area contributed by atoms with E-state index in [1.54, 1.807) is 32.3 Å². The summed E-state index contributed by atoms with van der Waals surface area (Å²) >= 11 is 5.89. The lowest BCUT2D eigenvalue weighted by Gasteiger charge is -2.40. The molecule has 4 saturated heterocycles. The van der Waals surface area contributed by atoms with Crippen LogP contribution in [0.5, 0.6) is 0 Å². The molecule has 0 saturated carbocycles. The number of nitrogens with one attached hydrogen (secondary N) is 2. The van der Waals surface area contributed by atoms with Crippen LogP contribution < -0.4 is 25.3 Å². The number of carbonyl (C=O) groups excluding carboxylic acids is 2. The fourth-order valence-corrected chi connectivity index (χ4v) is 9.72. The van der Waals surface area contributed by atoms with Crippen LogP contribution in [0.25, 0.3) is 10.9 Å². The van der Waals surface area contributed by atoms with E-state index in [0.717, 1.165) is 80.9 Å². The highest BCUT2D eigenvalue weighted by molar-refractivity contribution is 7.89. The van der Waals surface area contributed by atoms with Crippen molar-refractivity contribution in [2.24, 2.45) is 13.0 Å². The maximum Gasteiger partial charge on any atom is 0.329 e. The number of aryl methyl sites for hydroxylation is 1. The molecule has 0 radical (unpaired) electrons. The number of halogens is 1. The van der Waals surface area contributed by atoms with Gasteiger partial charge in [0, 0.05) is 102 Å². The number of nitrogens with zero attached hydrogens (tertiary/aromatic N) is 9. The van der Waals surface area contributed by atoms with Gasteiger partial charge in [0.25, 0.3) is 0 Å². The SMILES string of the molecule is Cn1nc(N2CCC(=O)NC2=O)c2ccc(N3CCN(CC4CCN(c5cccc(S(=O)(=O)N6CCC(Nc7ncc(Cl)cn7)CC6)c5)CC4)CC3)cc21. The molecule has 0 unspecified atom stereocenters. The number of benzene rings is 2. The molecular formula is C37H46ClN11O4S. The molecule has 8 rings (SSSR count). The minimum absolute atomic E-state index is 0.0961. The Morgan fingerprint density at radius 3 is 2.28 bits per heavy atom. The lowest BCUT2D eigenvalue weighted by molar-refractivity contribution is -0.120. The molecule has 4 aromatic rings. The first-order valence-electron chi connectivity index (χ1n) is 18.8. The average Bonchev–Trinajstić information content (AvgIpc) is 3.51. The van der Waals surface area contributed by atoms with Crippen LogP contribution in [-0.2, 0) is 21.9 Å². The van der Waals surface area contributed by atoms with E-state index >= 15 is 0 Å². The molecule has 0 atom stereocenters. The van der Waals surface area contributed by atoms with Crippen molar-refractivity contribution in [2.45, 2.75) is 43.0 Å². The maximum atomic E-state index is 13.7. The minimum atomic E-state index is -3.61. The molecule has 2 N–H and O–H groups in total. The Balaban J connectivity index is 0.808. The summed E-state index contributed by atoms with van der Waals surface area (Å²) in [5.74, 6) is 1.41. The van der Waals surface area contributed by atoms with Gasteiger partial charge < -0.3 is 15.1 Å². The molecule has 0 spiro atoms. The second kappa shape index (κ2) is 15.3. The molecule has 2 aromatic heterocycles. The fraction of sp³-hybridized carbons (Fsp3) is 0.486. The van der Waals surface area contributed by atoms with Gasteiger partial charge in [0.05, 0.1) is 27.8 Å². The Hall–Kier alpha value is -4.51. The van der Waals surface area contributed by atoms with E-state index in [-0.39, 0.29) is 18.4 Å². The number of anilines is 4. The van der Waals surface area contributed by atoms with E-state index in [2.05, 4.69) is 52.5 Å². The summed E-state index contributed by atoms with van der Waals surface area (Å²) in [5, 5.41) is 11.7. The van der Waals surface area contributed by atoms with Crippen LogP contribution in [0.15, 0.2) is 59.8 Å². The Labute approximate surface area is 320 Å². The molecule has 4 fully saturated rings. The molecule has 4 aliphatic rings. The molecule has 286 valence electrons. The number of fused-ring (bicyclic) bond motifs is 1. The van der Waals surface area contributed by atoms with Gasteiger partial charge in [-0.15, -0.1) is 0 Å². The van der Waals surface area contributed by atoms with E-state index in [9.17, 15) is 18.0 Å². The normalized spacial score (nSPS) is 20.1. The van der Waals surface area contributed by atoms with E-state index < -0.39 is 16.1 Å². The quantitative estimate of drug-likeness (QED) is 0.256. The summed E-state index contributed by atoms with van der Waals surface area (Å²) in [6, 6.07) is 13.4. The van der Waals surface area contributed by atoms with Gasteiger partial charge in [-0.25, -0.2) is 23.2 Å². The number of piperidine rings is 2. The molecule has 54 heavy (non-hydrogen) atoms. The van der Waals surface area contributed by atoms with Gasteiger partial charge in [0.1, 0.15) is 0 Å². The molecule has 4 aliphatic heterocycles. The summed E-state index contributed by atoms with van der Waals surface area (Å²) in [7, 11) is -1.73. The zero-order valence-corrected chi connectivity index (χ0v) is 32.0. The zero-order valence-electron chi connectivity index (χ0n) is 30.4. The fourth-order valence-electron chi connectivity index (χ4n) is 8.12. The Morgan fingerprint density at radius 1 is 0.852 bits per heavy atom. The third kappa shape index (κ3) is 7.70. The smallest absolute Gasteiger partial charge is 0.329 e.